The zero-order valence-corrected chi connectivity index (χ0v) is 14.8. The number of anilines is 1. The maximum Gasteiger partial charge on any atom is 0.154 e. The molecule has 6 heteroatoms. The van der Waals surface area contributed by atoms with E-state index in [0.29, 0.717) is 6.42 Å². The van der Waals surface area contributed by atoms with E-state index >= 15 is 0 Å². The lowest BCUT2D eigenvalue weighted by Crippen LogP contribution is -2.22. The molecule has 0 bridgehead atoms. The molecule has 2 N–H and O–H groups in total. The number of hydrogen-bond acceptors (Lipinski definition) is 5. The van der Waals surface area contributed by atoms with Gasteiger partial charge in [-0.2, -0.15) is 0 Å². The number of rotatable bonds is 8. The Morgan fingerprint density at radius 1 is 1.16 bits per heavy atom. The van der Waals surface area contributed by atoms with E-state index < -0.39 is 0 Å². The highest BCUT2D eigenvalue weighted by molar-refractivity contribution is 5.86. The normalized spacial score (nSPS) is 12.4. The minimum atomic E-state index is 0.170. The van der Waals surface area contributed by atoms with Crippen molar-refractivity contribution >= 4 is 16.9 Å². The summed E-state index contributed by atoms with van der Waals surface area (Å²) < 4.78 is 2.16. The SMILES string of the molecule is CCCC(CCO)Nc1nc(C)nc2ccn(Cc3ccncc3)c12. The molecule has 0 aliphatic rings. The lowest BCUT2D eigenvalue weighted by atomic mass is 10.1. The predicted molar refractivity (Wildman–Crippen MR) is 99.6 cm³/mol. The van der Waals surface area contributed by atoms with Gasteiger partial charge in [-0.05, 0) is 43.5 Å². The molecule has 0 amide bonds. The third kappa shape index (κ3) is 4.14. The second-order valence-electron chi connectivity index (χ2n) is 6.29. The zero-order chi connectivity index (χ0) is 17.6. The van der Waals surface area contributed by atoms with Gasteiger partial charge in [0.15, 0.2) is 5.82 Å². The molecular weight excluding hydrogens is 314 g/mol. The zero-order valence-electron chi connectivity index (χ0n) is 14.8. The molecule has 3 aromatic rings. The minimum Gasteiger partial charge on any atom is -0.396 e. The largest absolute Gasteiger partial charge is 0.396 e. The fraction of sp³-hybridized carbons (Fsp3) is 0.421. The minimum absolute atomic E-state index is 0.170. The summed E-state index contributed by atoms with van der Waals surface area (Å²) in [5.74, 6) is 1.59. The number of aliphatic hydroxyl groups is 1. The van der Waals surface area contributed by atoms with Gasteiger partial charge in [0.1, 0.15) is 11.3 Å². The van der Waals surface area contributed by atoms with Crippen molar-refractivity contribution in [2.24, 2.45) is 0 Å². The molecule has 25 heavy (non-hydrogen) atoms. The molecule has 3 heterocycles. The Bertz CT molecular complexity index is 809. The molecular formula is C19H25N5O. The van der Waals surface area contributed by atoms with Crippen LogP contribution in [0.15, 0.2) is 36.8 Å². The Balaban J connectivity index is 1.97. The van der Waals surface area contributed by atoms with Gasteiger partial charge >= 0.3 is 0 Å². The van der Waals surface area contributed by atoms with Crippen LogP contribution in [-0.2, 0) is 6.54 Å². The third-order valence-electron chi connectivity index (χ3n) is 4.28. The van der Waals surface area contributed by atoms with Crippen LogP contribution < -0.4 is 5.32 Å². The van der Waals surface area contributed by atoms with Gasteiger partial charge in [0.2, 0.25) is 0 Å². The van der Waals surface area contributed by atoms with E-state index in [1.54, 1.807) is 12.4 Å². The maximum atomic E-state index is 9.33. The lowest BCUT2D eigenvalue weighted by Gasteiger charge is -2.19. The van der Waals surface area contributed by atoms with Crippen molar-refractivity contribution in [1.82, 2.24) is 19.5 Å². The summed E-state index contributed by atoms with van der Waals surface area (Å²) in [5.41, 5.74) is 3.12. The van der Waals surface area contributed by atoms with Crippen LogP contribution in [-0.4, -0.2) is 37.3 Å². The summed E-state index contributed by atoms with van der Waals surface area (Å²) in [6.07, 6.45) is 8.42. The van der Waals surface area contributed by atoms with E-state index in [9.17, 15) is 5.11 Å². The van der Waals surface area contributed by atoms with Crippen LogP contribution in [0.25, 0.3) is 11.0 Å². The third-order valence-corrected chi connectivity index (χ3v) is 4.28. The van der Waals surface area contributed by atoms with E-state index in [2.05, 4.69) is 31.8 Å². The molecule has 0 saturated heterocycles. The molecule has 0 aliphatic carbocycles. The lowest BCUT2D eigenvalue weighted by molar-refractivity contribution is 0.276. The Morgan fingerprint density at radius 3 is 2.68 bits per heavy atom. The second kappa shape index (κ2) is 8.07. The summed E-state index contributed by atoms with van der Waals surface area (Å²) in [7, 11) is 0. The smallest absolute Gasteiger partial charge is 0.154 e. The highest BCUT2D eigenvalue weighted by Crippen LogP contribution is 2.24. The van der Waals surface area contributed by atoms with E-state index in [1.807, 2.05) is 31.3 Å². The van der Waals surface area contributed by atoms with Crippen LogP contribution in [0.1, 0.15) is 37.6 Å². The number of pyridine rings is 1. The molecule has 1 unspecified atom stereocenters. The van der Waals surface area contributed by atoms with Gasteiger partial charge in [0.25, 0.3) is 0 Å². The number of fused-ring (bicyclic) bond motifs is 1. The van der Waals surface area contributed by atoms with Gasteiger partial charge in [0.05, 0.1) is 5.52 Å². The highest BCUT2D eigenvalue weighted by atomic mass is 16.3. The van der Waals surface area contributed by atoms with Crippen molar-refractivity contribution < 1.29 is 5.11 Å². The first-order chi connectivity index (χ1) is 12.2. The number of aryl methyl sites for hydroxylation is 1. The van der Waals surface area contributed by atoms with Crippen molar-refractivity contribution in [2.45, 2.75) is 45.7 Å². The fourth-order valence-electron chi connectivity index (χ4n) is 3.13. The van der Waals surface area contributed by atoms with E-state index in [1.165, 1.54) is 5.56 Å². The van der Waals surface area contributed by atoms with Gasteiger partial charge in [-0.25, -0.2) is 9.97 Å². The first kappa shape index (κ1) is 17.4. The summed E-state index contributed by atoms with van der Waals surface area (Å²) in [4.78, 5) is 13.3. The molecule has 3 rings (SSSR count). The monoisotopic (exact) mass is 339 g/mol. The van der Waals surface area contributed by atoms with Crippen LogP contribution in [0.2, 0.25) is 0 Å². The molecule has 0 aliphatic heterocycles. The molecule has 3 aromatic heterocycles. The average Bonchev–Trinajstić information content (AvgIpc) is 2.99. The van der Waals surface area contributed by atoms with Crippen LogP contribution >= 0.6 is 0 Å². The maximum absolute atomic E-state index is 9.33. The topological polar surface area (TPSA) is 75.9 Å². The molecule has 6 nitrogen and oxygen atoms in total. The Labute approximate surface area is 148 Å². The molecule has 0 saturated carbocycles. The summed E-state index contributed by atoms with van der Waals surface area (Å²) in [6.45, 7) is 4.97. The van der Waals surface area contributed by atoms with Gasteiger partial charge in [-0.15, -0.1) is 0 Å². The van der Waals surface area contributed by atoms with E-state index in [4.69, 9.17) is 0 Å². The number of aliphatic hydroxyl groups excluding tert-OH is 1. The fourth-order valence-corrected chi connectivity index (χ4v) is 3.13. The Hall–Kier alpha value is -2.47. The van der Waals surface area contributed by atoms with Crippen molar-refractivity contribution in [3.63, 3.8) is 0 Å². The highest BCUT2D eigenvalue weighted by Gasteiger charge is 2.15. The molecule has 132 valence electrons. The molecule has 0 fully saturated rings. The van der Waals surface area contributed by atoms with Gasteiger partial charge < -0.3 is 15.0 Å². The van der Waals surface area contributed by atoms with Crippen LogP contribution in [0.5, 0.6) is 0 Å². The Kier molecular flexibility index (Phi) is 5.60. The van der Waals surface area contributed by atoms with Crippen molar-refractivity contribution in [2.75, 3.05) is 11.9 Å². The molecule has 0 radical (unpaired) electrons. The van der Waals surface area contributed by atoms with E-state index in [-0.39, 0.29) is 12.6 Å². The molecule has 0 aromatic carbocycles. The van der Waals surface area contributed by atoms with Crippen LogP contribution in [0.4, 0.5) is 5.82 Å². The summed E-state index contributed by atoms with van der Waals surface area (Å²) in [6, 6.07) is 6.26. The number of hydrogen-bond donors (Lipinski definition) is 2. The van der Waals surface area contributed by atoms with Crippen molar-refractivity contribution in [3.8, 4) is 0 Å². The first-order valence-corrected chi connectivity index (χ1v) is 8.81. The van der Waals surface area contributed by atoms with Gasteiger partial charge in [0, 0.05) is 37.8 Å². The standard InChI is InChI=1S/C19H25N5O/c1-3-4-16(8-12-25)23-19-18-17(21-14(2)22-19)7-11-24(18)13-15-5-9-20-10-6-15/h5-7,9-11,16,25H,3-4,8,12-13H2,1-2H3,(H,21,22,23). The van der Waals surface area contributed by atoms with Crippen LogP contribution in [0, 0.1) is 6.92 Å². The van der Waals surface area contributed by atoms with Gasteiger partial charge in [-0.3, -0.25) is 4.98 Å². The molecule has 0 spiro atoms. The number of nitrogens with zero attached hydrogens (tertiary/aromatic N) is 4. The van der Waals surface area contributed by atoms with Gasteiger partial charge in [-0.1, -0.05) is 13.3 Å². The average molecular weight is 339 g/mol. The van der Waals surface area contributed by atoms with E-state index in [0.717, 1.165) is 42.1 Å². The van der Waals surface area contributed by atoms with Crippen molar-refractivity contribution in [1.29, 1.82) is 0 Å². The van der Waals surface area contributed by atoms with Crippen molar-refractivity contribution in [3.05, 3.63) is 48.2 Å². The quantitative estimate of drug-likeness (QED) is 0.659. The van der Waals surface area contributed by atoms with Crippen LogP contribution in [0.3, 0.4) is 0 Å². The molecule has 1 atom stereocenters. The Morgan fingerprint density at radius 2 is 1.96 bits per heavy atom. The number of aromatic nitrogens is 4. The first-order valence-electron chi connectivity index (χ1n) is 8.81. The summed E-state index contributed by atoms with van der Waals surface area (Å²) >= 11 is 0. The number of nitrogens with one attached hydrogen (secondary N) is 1. The summed E-state index contributed by atoms with van der Waals surface area (Å²) in [5, 5.41) is 12.9. The second-order valence-corrected chi connectivity index (χ2v) is 6.29. The predicted octanol–water partition coefficient (Wildman–Crippen LogP) is 3.15.